The fourth-order valence-electron chi connectivity index (χ4n) is 1.83. The lowest BCUT2D eigenvalue weighted by atomic mass is 10.3. The Morgan fingerprint density at radius 2 is 2.47 bits per heavy atom. The first-order valence-electron chi connectivity index (χ1n) is 6.02. The predicted molar refractivity (Wildman–Crippen MR) is 70.9 cm³/mol. The molecule has 2 heterocycles. The molecule has 0 unspecified atom stereocenters. The maximum Gasteiger partial charge on any atom is 0.327 e. The second-order valence-electron chi connectivity index (χ2n) is 4.20. The van der Waals surface area contributed by atoms with Gasteiger partial charge in [0.05, 0.1) is 5.88 Å². The SMILES string of the molecule is O=C(O)[C@@H]1CSCN1C(=O)NCCCc1ncc[nH]1. The lowest BCUT2D eigenvalue weighted by molar-refractivity contribution is -0.140. The molecule has 1 aromatic rings. The van der Waals surface area contributed by atoms with Crippen molar-refractivity contribution in [3.8, 4) is 0 Å². The number of carbonyl (C=O) groups excluding carboxylic acids is 1. The van der Waals surface area contributed by atoms with Crippen LogP contribution in [-0.4, -0.2) is 56.2 Å². The fraction of sp³-hybridized carbons (Fsp3) is 0.545. The molecule has 2 rings (SSSR count). The number of hydrogen-bond acceptors (Lipinski definition) is 4. The number of H-pyrrole nitrogens is 1. The number of imidazole rings is 1. The summed E-state index contributed by atoms with van der Waals surface area (Å²) in [5, 5.41) is 11.7. The fourth-order valence-corrected chi connectivity index (χ4v) is 2.98. The second kappa shape index (κ2) is 6.46. The third-order valence-corrected chi connectivity index (χ3v) is 3.86. The van der Waals surface area contributed by atoms with Crippen LogP contribution in [0.25, 0.3) is 0 Å². The number of amides is 2. The Morgan fingerprint density at radius 1 is 1.63 bits per heavy atom. The number of nitrogens with one attached hydrogen (secondary N) is 2. The first-order chi connectivity index (χ1) is 9.18. The molecule has 0 aliphatic carbocycles. The van der Waals surface area contributed by atoms with E-state index in [4.69, 9.17) is 5.11 Å². The van der Waals surface area contributed by atoms with Crippen LogP contribution in [0.2, 0.25) is 0 Å². The zero-order valence-electron chi connectivity index (χ0n) is 10.3. The monoisotopic (exact) mass is 284 g/mol. The van der Waals surface area contributed by atoms with E-state index in [0.717, 1.165) is 18.7 Å². The average molecular weight is 284 g/mol. The van der Waals surface area contributed by atoms with Crippen LogP contribution in [0.3, 0.4) is 0 Å². The summed E-state index contributed by atoms with van der Waals surface area (Å²) in [5.74, 6) is 0.820. The highest BCUT2D eigenvalue weighted by molar-refractivity contribution is 7.99. The molecule has 1 aliphatic rings. The lowest BCUT2D eigenvalue weighted by Gasteiger charge is -2.20. The van der Waals surface area contributed by atoms with E-state index < -0.39 is 12.0 Å². The zero-order valence-corrected chi connectivity index (χ0v) is 11.2. The van der Waals surface area contributed by atoms with Crippen LogP contribution in [0.5, 0.6) is 0 Å². The minimum Gasteiger partial charge on any atom is -0.480 e. The van der Waals surface area contributed by atoms with Gasteiger partial charge in [-0.05, 0) is 6.42 Å². The number of thioether (sulfide) groups is 1. The number of aliphatic carboxylic acids is 1. The Morgan fingerprint density at radius 3 is 3.16 bits per heavy atom. The Bertz CT molecular complexity index is 437. The van der Waals surface area contributed by atoms with E-state index in [9.17, 15) is 9.59 Å². The normalized spacial score (nSPS) is 18.5. The van der Waals surface area contributed by atoms with E-state index in [-0.39, 0.29) is 6.03 Å². The molecular formula is C11H16N4O3S. The second-order valence-corrected chi connectivity index (χ2v) is 5.19. The summed E-state index contributed by atoms with van der Waals surface area (Å²) < 4.78 is 0. The van der Waals surface area contributed by atoms with Crippen LogP contribution >= 0.6 is 11.8 Å². The standard InChI is InChI=1S/C11H16N4O3S/c16-10(17)8-6-19-7-15(8)11(18)14-3-1-2-9-12-4-5-13-9/h4-5,8H,1-3,6-7H2,(H,12,13)(H,14,18)(H,16,17)/t8-/m0/s1. The molecule has 19 heavy (non-hydrogen) atoms. The largest absolute Gasteiger partial charge is 0.480 e. The van der Waals surface area contributed by atoms with Crippen LogP contribution in [0.4, 0.5) is 4.79 Å². The topological polar surface area (TPSA) is 98.3 Å². The van der Waals surface area contributed by atoms with Crippen molar-refractivity contribution in [2.45, 2.75) is 18.9 Å². The average Bonchev–Trinajstić information content (AvgIpc) is 3.04. The number of rotatable bonds is 5. The highest BCUT2D eigenvalue weighted by Gasteiger charge is 2.34. The Kier molecular flexibility index (Phi) is 4.67. The Balaban J connectivity index is 1.70. The summed E-state index contributed by atoms with van der Waals surface area (Å²) in [7, 11) is 0. The van der Waals surface area contributed by atoms with Gasteiger partial charge in [0.1, 0.15) is 11.9 Å². The number of carboxylic acids is 1. The van der Waals surface area contributed by atoms with E-state index >= 15 is 0 Å². The molecule has 1 aliphatic heterocycles. The van der Waals surface area contributed by atoms with Gasteiger partial charge >= 0.3 is 12.0 Å². The van der Waals surface area contributed by atoms with Gasteiger partial charge in [-0.2, -0.15) is 0 Å². The zero-order chi connectivity index (χ0) is 13.7. The molecule has 0 radical (unpaired) electrons. The first-order valence-corrected chi connectivity index (χ1v) is 7.17. The third-order valence-electron chi connectivity index (χ3n) is 2.85. The van der Waals surface area contributed by atoms with E-state index in [1.807, 2.05) is 0 Å². The molecule has 3 N–H and O–H groups in total. The maximum atomic E-state index is 11.8. The van der Waals surface area contributed by atoms with Gasteiger partial charge < -0.3 is 20.3 Å². The molecule has 1 fully saturated rings. The number of urea groups is 1. The van der Waals surface area contributed by atoms with Gasteiger partial charge in [0.25, 0.3) is 0 Å². The number of aromatic amines is 1. The van der Waals surface area contributed by atoms with E-state index in [1.54, 1.807) is 12.4 Å². The molecule has 7 nitrogen and oxygen atoms in total. The highest BCUT2D eigenvalue weighted by atomic mass is 32.2. The van der Waals surface area contributed by atoms with E-state index in [0.29, 0.717) is 18.2 Å². The summed E-state index contributed by atoms with van der Waals surface area (Å²) in [6.45, 7) is 0.507. The number of nitrogens with zero attached hydrogens (tertiary/aromatic N) is 2. The van der Waals surface area contributed by atoms with Gasteiger partial charge in [-0.3, -0.25) is 0 Å². The van der Waals surface area contributed by atoms with Gasteiger partial charge in [-0.25, -0.2) is 14.6 Å². The number of hydrogen-bond donors (Lipinski definition) is 3. The van der Waals surface area contributed by atoms with Crippen LogP contribution in [-0.2, 0) is 11.2 Å². The molecule has 0 bridgehead atoms. The molecule has 2 amide bonds. The van der Waals surface area contributed by atoms with Crippen LogP contribution < -0.4 is 5.32 Å². The Labute approximate surface area is 114 Å². The van der Waals surface area contributed by atoms with Crippen molar-refractivity contribution in [3.05, 3.63) is 18.2 Å². The number of carboxylic acid groups (broad SMARTS) is 1. The number of aromatic nitrogens is 2. The number of carbonyl (C=O) groups is 2. The summed E-state index contributed by atoms with van der Waals surface area (Å²) in [4.78, 5) is 31.2. The van der Waals surface area contributed by atoms with E-state index in [1.165, 1.54) is 16.7 Å². The van der Waals surface area contributed by atoms with Crippen molar-refractivity contribution < 1.29 is 14.7 Å². The van der Waals surface area contributed by atoms with Crippen LogP contribution in [0, 0.1) is 0 Å². The summed E-state index contributed by atoms with van der Waals surface area (Å²) in [5.41, 5.74) is 0. The minimum absolute atomic E-state index is 0.308. The van der Waals surface area contributed by atoms with Crippen molar-refractivity contribution in [1.82, 2.24) is 20.2 Å². The van der Waals surface area contributed by atoms with Crippen molar-refractivity contribution in [2.75, 3.05) is 18.2 Å². The first kappa shape index (κ1) is 13.7. The van der Waals surface area contributed by atoms with Crippen LogP contribution in [0.1, 0.15) is 12.2 Å². The Hall–Kier alpha value is -1.70. The van der Waals surface area contributed by atoms with Crippen molar-refractivity contribution in [2.24, 2.45) is 0 Å². The molecule has 1 aromatic heterocycles. The molecule has 0 saturated carbocycles. The summed E-state index contributed by atoms with van der Waals surface area (Å²) >= 11 is 1.45. The molecule has 1 atom stereocenters. The molecule has 1 saturated heterocycles. The van der Waals surface area contributed by atoms with Crippen molar-refractivity contribution in [3.63, 3.8) is 0 Å². The molecule has 0 aromatic carbocycles. The van der Waals surface area contributed by atoms with Gasteiger partial charge in [-0.1, -0.05) is 0 Å². The van der Waals surface area contributed by atoms with Gasteiger partial charge in [0.2, 0.25) is 0 Å². The summed E-state index contributed by atoms with van der Waals surface area (Å²) in [6.07, 6.45) is 4.96. The highest BCUT2D eigenvalue weighted by Crippen LogP contribution is 2.20. The molecular weight excluding hydrogens is 268 g/mol. The number of aryl methyl sites for hydroxylation is 1. The molecule has 104 valence electrons. The third kappa shape index (κ3) is 3.63. The predicted octanol–water partition coefficient (Wildman–Crippen LogP) is 0.511. The maximum absolute atomic E-state index is 11.8. The van der Waals surface area contributed by atoms with Gasteiger partial charge in [0, 0.05) is 31.1 Å². The quantitative estimate of drug-likeness (QED) is 0.684. The van der Waals surface area contributed by atoms with Crippen molar-refractivity contribution >= 4 is 23.8 Å². The smallest absolute Gasteiger partial charge is 0.327 e. The van der Waals surface area contributed by atoms with Gasteiger partial charge in [0.15, 0.2) is 0 Å². The van der Waals surface area contributed by atoms with Gasteiger partial charge in [-0.15, -0.1) is 11.8 Å². The summed E-state index contributed by atoms with van der Waals surface area (Å²) in [6, 6.07) is -1.02. The van der Waals surface area contributed by atoms with Crippen molar-refractivity contribution in [1.29, 1.82) is 0 Å². The minimum atomic E-state index is -0.948. The molecule has 0 spiro atoms. The van der Waals surface area contributed by atoms with E-state index in [2.05, 4.69) is 15.3 Å². The lowest BCUT2D eigenvalue weighted by Crippen LogP contribution is -2.47. The van der Waals surface area contributed by atoms with Crippen LogP contribution in [0.15, 0.2) is 12.4 Å². The molecule has 8 heteroatoms.